The number of nitrogens with zero attached hydrogens (tertiary/aromatic N) is 1. The Bertz CT molecular complexity index is 800. The molecule has 1 amide bonds. The first-order chi connectivity index (χ1) is 11.7. The van der Waals surface area contributed by atoms with Gasteiger partial charge in [0.1, 0.15) is 0 Å². The fourth-order valence-corrected chi connectivity index (χ4v) is 3.41. The van der Waals surface area contributed by atoms with Gasteiger partial charge in [-0.1, -0.05) is 58.4 Å². The monoisotopic (exact) mass is 400 g/mol. The lowest BCUT2D eigenvalue weighted by Gasteiger charge is -2.04. The Morgan fingerprint density at radius 3 is 2.54 bits per heavy atom. The number of carbonyl (C=O) groups excluding carboxylic acids is 1. The molecule has 3 aromatic rings. The minimum atomic E-state index is 0.00920. The normalized spacial score (nSPS) is 10.5. The predicted octanol–water partition coefficient (Wildman–Crippen LogP) is 4.36. The molecular formula is C19H17BrN2OS. The number of hydrogen-bond acceptors (Lipinski definition) is 3. The lowest BCUT2D eigenvalue weighted by atomic mass is 10.1. The summed E-state index contributed by atoms with van der Waals surface area (Å²) in [5.74, 6) is 0.00920. The maximum atomic E-state index is 12.0. The fraction of sp³-hybridized carbons (Fsp3) is 0.158. The van der Waals surface area contributed by atoms with Crippen LogP contribution in [0.15, 0.2) is 64.5 Å². The molecule has 0 aliphatic heterocycles. The van der Waals surface area contributed by atoms with E-state index >= 15 is 0 Å². The summed E-state index contributed by atoms with van der Waals surface area (Å²) in [7, 11) is 0. The van der Waals surface area contributed by atoms with E-state index in [1.54, 1.807) is 11.3 Å². The third-order valence-electron chi connectivity index (χ3n) is 3.54. The molecule has 0 saturated carbocycles. The highest BCUT2D eigenvalue weighted by molar-refractivity contribution is 9.10. The van der Waals surface area contributed by atoms with Gasteiger partial charge in [-0.25, -0.2) is 4.98 Å². The third-order valence-corrected chi connectivity index (χ3v) is 4.97. The van der Waals surface area contributed by atoms with E-state index in [9.17, 15) is 4.79 Å². The van der Waals surface area contributed by atoms with Gasteiger partial charge in [0.05, 0.1) is 23.7 Å². The quantitative estimate of drug-likeness (QED) is 0.667. The van der Waals surface area contributed by atoms with E-state index in [2.05, 4.69) is 38.4 Å². The Kier molecular flexibility index (Phi) is 5.77. The summed E-state index contributed by atoms with van der Waals surface area (Å²) in [6.45, 7) is 0.473. The van der Waals surface area contributed by atoms with Crippen molar-refractivity contribution >= 4 is 33.2 Å². The molecule has 0 bridgehead atoms. The van der Waals surface area contributed by atoms with Crippen LogP contribution in [0, 0.1) is 0 Å². The van der Waals surface area contributed by atoms with Crippen LogP contribution in [0.2, 0.25) is 0 Å². The van der Waals surface area contributed by atoms with Crippen molar-refractivity contribution in [3.63, 3.8) is 0 Å². The van der Waals surface area contributed by atoms with E-state index in [-0.39, 0.29) is 5.91 Å². The minimum Gasteiger partial charge on any atom is -0.350 e. The van der Waals surface area contributed by atoms with Gasteiger partial charge in [-0.2, -0.15) is 0 Å². The van der Waals surface area contributed by atoms with E-state index in [0.29, 0.717) is 13.0 Å². The highest BCUT2D eigenvalue weighted by atomic mass is 79.9. The van der Waals surface area contributed by atoms with Crippen LogP contribution in [0.4, 0.5) is 0 Å². The van der Waals surface area contributed by atoms with Gasteiger partial charge in [0, 0.05) is 16.3 Å². The SMILES string of the molecule is O=C(Cc1ccc(Br)cc1)NCc1csc(Cc2ccccc2)n1. The summed E-state index contributed by atoms with van der Waals surface area (Å²) in [6.07, 6.45) is 1.21. The minimum absolute atomic E-state index is 0.00920. The number of aromatic nitrogens is 1. The smallest absolute Gasteiger partial charge is 0.224 e. The van der Waals surface area contributed by atoms with Crippen molar-refractivity contribution < 1.29 is 4.79 Å². The Labute approximate surface area is 153 Å². The standard InChI is InChI=1S/C19H17BrN2OS/c20-16-8-6-15(7-9-16)10-18(23)21-12-17-13-24-19(22-17)11-14-4-2-1-3-5-14/h1-9,13H,10-12H2,(H,21,23). The summed E-state index contributed by atoms with van der Waals surface area (Å²) in [5, 5.41) is 6.01. The number of nitrogens with one attached hydrogen (secondary N) is 1. The molecule has 0 aliphatic rings. The van der Waals surface area contributed by atoms with Crippen LogP contribution < -0.4 is 5.32 Å². The first kappa shape index (κ1) is 16.9. The van der Waals surface area contributed by atoms with Crippen LogP contribution in [-0.2, 0) is 24.2 Å². The predicted molar refractivity (Wildman–Crippen MR) is 101 cm³/mol. The maximum absolute atomic E-state index is 12.0. The van der Waals surface area contributed by atoms with E-state index in [0.717, 1.165) is 27.2 Å². The number of hydrogen-bond donors (Lipinski definition) is 1. The van der Waals surface area contributed by atoms with Gasteiger partial charge in [-0.05, 0) is 23.3 Å². The summed E-state index contributed by atoms with van der Waals surface area (Å²) in [6, 6.07) is 18.1. The summed E-state index contributed by atoms with van der Waals surface area (Å²) in [5.41, 5.74) is 3.16. The molecule has 1 aromatic heterocycles. The zero-order valence-electron chi connectivity index (χ0n) is 13.0. The van der Waals surface area contributed by atoms with Crippen molar-refractivity contribution in [3.8, 4) is 0 Å². The molecule has 0 aliphatic carbocycles. The van der Waals surface area contributed by atoms with E-state index in [4.69, 9.17) is 0 Å². The second-order valence-corrected chi connectivity index (χ2v) is 7.33. The zero-order valence-corrected chi connectivity index (χ0v) is 15.4. The fourth-order valence-electron chi connectivity index (χ4n) is 2.32. The molecule has 0 fully saturated rings. The Morgan fingerprint density at radius 1 is 1.04 bits per heavy atom. The van der Waals surface area contributed by atoms with E-state index in [1.165, 1.54) is 5.56 Å². The molecule has 122 valence electrons. The number of amides is 1. The Balaban J connectivity index is 1.50. The number of halogens is 1. The van der Waals surface area contributed by atoms with Crippen molar-refractivity contribution in [1.29, 1.82) is 0 Å². The first-order valence-corrected chi connectivity index (χ1v) is 9.34. The molecule has 5 heteroatoms. The number of thiazole rings is 1. The maximum Gasteiger partial charge on any atom is 0.224 e. The summed E-state index contributed by atoms with van der Waals surface area (Å²) in [4.78, 5) is 16.6. The largest absolute Gasteiger partial charge is 0.350 e. The second kappa shape index (κ2) is 8.22. The van der Waals surface area contributed by atoms with Gasteiger partial charge in [-0.15, -0.1) is 11.3 Å². The van der Waals surface area contributed by atoms with Gasteiger partial charge in [0.2, 0.25) is 5.91 Å². The Morgan fingerprint density at radius 2 is 1.79 bits per heavy atom. The molecule has 3 nitrogen and oxygen atoms in total. The van der Waals surface area contributed by atoms with Gasteiger partial charge >= 0.3 is 0 Å². The number of rotatable bonds is 6. The molecule has 0 unspecified atom stereocenters. The topological polar surface area (TPSA) is 42.0 Å². The molecule has 3 rings (SSSR count). The van der Waals surface area contributed by atoms with Gasteiger partial charge in [0.25, 0.3) is 0 Å². The molecular weight excluding hydrogens is 384 g/mol. The van der Waals surface area contributed by atoms with Crippen LogP contribution in [0.3, 0.4) is 0 Å². The Hall–Kier alpha value is -1.98. The first-order valence-electron chi connectivity index (χ1n) is 7.67. The zero-order chi connectivity index (χ0) is 16.8. The average molecular weight is 401 g/mol. The van der Waals surface area contributed by atoms with Crippen LogP contribution in [-0.4, -0.2) is 10.9 Å². The van der Waals surface area contributed by atoms with Crippen LogP contribution in [0.1, 0.15) is 21.8 Å². The number of benzene rings is 2. The molecule has 24 heavy (non-hydrogen) atoms. The van der Waals surface area contributed by atoms with Crippen LogP contribution in [0.5, 0.6) is 0 Å². The van der Waals surface area contributed by atoms with Crippen molar-refractivity contribution in [2.45, 2.75) is 19.4 Å². The lowest BCUT2D eigenvalue weighted by Crippen LogP contribution is -2.24. The van der Waals surface area contributed by atoms with Gasteiger partial charge in [0.15, 0.2) is 0 Å². The highest BCUT2D eigenvalue weighted by Crippen LogP contribution is 2.15. The van der Waals surface area contributed by atoms with Crippen LogP contribution >= 0.6 is 27.3 Å². The summed E-state index contributed by atoms with van der Waals surface area (Å²) >= 11 is 5.03. The molecule has 0 radical (unpaired) electrons. The molecule has 1 N–H and O–H groups in total. The number of carbonyl (C=O) groups is 1. The van der Waals surface area contributed by atoms with Crippen molar-refractivity contribution in [1.82, 2.24) is 10.3 Å². The summed E-state index contributed by atoms with van der Waals surface area (Å²) < 4.78 is 1.01. The highest BCUT2D eigenvalue weighted by Gasteiger charge is 2.06. The molecule has 0 spiro atoms. The van der Waals surface area contributed by atoms with E-state index in [1.807, 2.05) is 47.8 Å². The van der Waals surface area contributed by atoms with Crippen molar-refractivity contribution in [2.75, 3.05) is 0 Å². The lowest BCUT2D eigenvalue weighted by molar-refractivity contribution is -0.120. The van der Waals surface area contributed by atoms with E-state index < -0.39 is 0 Å². The van der Waals surface area contributed by atoms with Crippen molar-refractivity contribution in [2.24, 2.45) is 0 Å². The average Bonchev–Trinajstić information content (AvgIpc) is 3.03. The molecule has 1 heterocycles. The molecule has 0 saturated heterocycles. The second-order valence-electron chi connectivity index (χ2n) is 5.47. The molecule has 2 aromatic carbocycles. The van der Waals surface area contributed by atoms with Gasteiger partial charge in [-0.3, -0.25) is 4.79 Å². The van der Waals surface area contributed by atoms with Crippen molar-refractivity contribution in [3.05, 3.63) is 86.3 Å². The molecule has 0 atom stereocenters. The van der Waals surface area contributed by atoms with Crippen LogP contribution in [0.25, 0.3) is 0 Å². The van der Waals surface area contributed by atoms with Gasteiger partial charge < -0.3 is 5.32 Å². The third kappa shape index (κ3) is 5.01.